The van der Waals surface area contributed by atoms with Gasteiger partial charge in [0.05, 0.1) is 0 Å². The lowest BCUT2D eigenvalue weighted by Crippen LogP contribution is -2.06. The number of benzene rings is 7. The van der Waals surface area contributed by atoms with Crippen molar-refractivity contribution < 1.29 is 0 Å². The van der Waals surface area contributed by atoms with Crippen molar-refractivity contribution in [3.8, 4) is 33.4 Å². The summed E-state index contributed by atoms with van der Waals surface area (Å²) < 4.78 is 0. The fourth-order valence-electron chi connectivity index (χ4n) is 7.31. The molecular weight excluding hydrogens is 492 g/mol. The van der Waals surface area contributed by atoms with Gasteiger partial charge < -0.3 is 0 Å². The van der Waals surface area contributed by atoms with Gasteiger partial charge in [-0.1, -0.05) is 127 Å². The lowest BCUT2D eigenvalue weighted by atomic mass is 9.82. The minimum absolute atomic E-state index is 1.19. The van der Waals surface area contributed by atoms with E-state index in [-0.39, 0.29) is 0 Å². The Kier molecular flexibility index (Phi) is 5.74. The maximum absolute atomic E-state index is 2.35. The predicted octanol–water partition coefficient (Wildman–Crippen LogP) is 11.3. The van der Waals surface area contributed by atoms with Crippen molar-refractivity contribution in [3.63, 3.8) is 0 Å². The molecule has 0 aromatic heterocycles. The third-order valence-corrected chi connectivity index (χ3v) is 9.24. The van der Waals surface area contributed by atoms with Crippen LogP contribution in [0.4, 0.5) is 0 Å². The van der Waals surface area contributed by atoms with Crippen LogP contribution in [-0.4, -0.2) is 0 Å². The molecule has 0 radical (unpaired) electrons. The second kappa shape index (κ2) is 9.75. The molecule has 7 aromatic carbocycles. The summed E-state index contributed by atoms with van der Waals surface area (Å²) in [4.78, 5) is 0. The molecule has 7 aromatic rings. The second-order valence-electron chi connectivity index (χ2n) is 11.5. The van der Waals surface area contributed by atoms with E-state index < -0.39 is 0 Å². The Morgan fingerprint density at radius 2 is 0.927 bits per heavy atom. The maximum Gasteiger partial charge on any atom is -0.00201 e. The minimum Gasteiger partial charge on any atom is -0.0616 e. The van der Waals surface area contributed by atoms with Crippen LogP contribution in [0.2, 0.25) is 0 Å². The van der Waals surface area contributed by atoms with Crippen LogP contribution < -0.4 is 0 Å². The summed E-state index contributed by atoms with van der Waals surface area (Å²) in [6.07, 6.45) is 5.01. The SMILES string of the molecule is Cc1ccc(-c2ccc(-c3c4ccccc4c(-c4cccc5ccccc45)c4ccccc34)cc2)c2c1CCCC2. The molecule has 0 unspecified atom stereocenters. The highest BCUT2D eigenvalue weighted by molar-refractivity contribution is 6.23. The molecule has 0 saturated carbocycles. The van der Waals surface area contributed by atoms with Gasteiger partial charge in [-0.3, -0.25) is 0 Å². The predicted molar refractivity (Wildman–Crippen MR) is 177 cm³/mol. The smallest absolute Gasteiger partial charge is 0.00201 e. The molecule has 0 spiro atoms. The average molecular weight is 525 g/mol. The standard InChI is InChI=1S/C41H32/c1-27-21-26-33(34-15-5-4-13-31(27)34)29-22-24-30(25-23-29)40-36-16-6-8-18-38(36)41(39-19-9-7-17-37(39)40)35-20-10-12-28-11-2-3-14-32(28)35/h2-3,6-12,14,16-26H,4-5,13,15H2,1H3. The van der Waals surface area contributed by atoms with Crippen molar-refractivity contribution >= 4 is 32.3 Å². The van der Waals surface area contributed by atoms with Crippen molar-refractivity contribution in [3.05, 3.63) is 144 Å². The Balaban J connectivity index is 1.36. The van der Waals surface area contributed by atoms with Crippen molar-refractivity contribution in [1.29, 1.82) is 0 Å². The molecule has 0 fully saturated rings. The molecule has 0 aliphatic heterocycles. The van der Waals surface area contributed by atoms with Gasteiger partial charge in [0, 0.05) is 0 Å². The summed E-state index contributed by atoms with van der Waals surface area (Å²) in [6.45, 7) is 2.27. The van der Waals surface area contributed by atoms with Crippen molar-refractivity contribution in [2.45, 2.75) is 32.6 Å². The van der Waals surface area contributed by atoms with E-state index in [4.69, 9.17) is 0 Å². The summed E-state index contributed by atoms with van der Waals surface area (Å²) in [7, 11) is 0. The first-order chi connectivity index (χ1) is 20.3. The summed E-state index contributed by atoms with van der Waals surface area (Å²) in [5, 5.41) is 7.77. The molecule has 0 heterocycles. The van der Waals surface area contributed by atoms with Crippen LogP contribution >= 0.6 is 0 Å². The highest BCUT2D eigenvalue weighted by Gasteiger charge is 2.19. The Morgan fingerprint density at radius 3 is 1.61 bits per heavy atom. The number of hydrogen-bond donors (Lipinski definition) is 0. The van der Waals surface area contributed by atoms with E-state index in [1.54, 1.807) is 11.1 Å². The third kappa shape index (κ3) is 3.90. The van der Waals surface area contributed by atoms with Gasteiger partial charge in [0.1, 0.15) is 0 Å². The molecule has 0 nitrogen and oxygen atoms in total. The summed E-state index contributed by atoms with van der Waals surface area (Å²) >= 11 is 0. The molecule has 0 N–H and O–H groups in total. The van der Waals surface area contributed by atoms with Gasteiger partial charge in [-0.05, 0) is 115 Å². The van der Waals surface area contributed by atoms with Crippen LogP contribution in [0.3, 0.4) is 0 Å². The lowest BCUT2D eigenvalue weighted by Gasteiger charge is -2.22. The van der Waals surface area contributed by atoms with Crippen molar-refractivity contribution in [2.24, 2.45) is 0 Å². The molecule has 1 aliphatic rings. The van der Waals surface area contributed by atoms with Gasteiger partial charge in [-0.2, -0.15) is 0 Å². The van der Waals surface area contributed by atoms with Gasteiger partial charge in [-0.15, -0.1) is 0 Å². The molecule has 41 heavy (non-hydrogen) atoms. The fourth-order valence-corrected chi connectivity index (χ4v) is 7.31. The molecule has 0 bridgehead atoms. The van der Waals surface area contributed by atoms with Crippen molar-refractivity contribution in [1.82, 2.24) is 0 Å². The fraction of sp³-hybridized carbons (Fsp3) is 0.122. The first-order valence-corrected chi connectivity index (χ1v) is 14.9. The average Bonchev–Trinajstić information content (AvgIpc) is 3.04. The topological polar surface area (TPSA) is 0 Å². The van der Waals surface area contributed by atoms with Gasteiger partial charge in [0.2, 0.25) is 0 Å². The van der Waals surface area contributed by atoms with Crippen LogP contribution in [0.15, 0.2) is 127 Å². The normalized spacial score (nSPS) is 13.1. The molecule has 196 valence electrons. The number of rotatable bonds is 3. The molecule has 8 rings (SSSR count). The molecule has 0 heteroatoms. The molecule has 0 saturated heterocycles. The van der Waals surface area contributed by atoms with E-state index in [0.717, 1.165) is 0 Å². The van der Waals surface area contributed by atoms with Gasteiger partial charge in [0.15, 0.2) is 0 Å². The van der Waals surface area contributed by atoms with Crippen LogP contribution in [-0.2, 0) is 12.8 Å². The van der Waals surface area contributed by atoms with Crippen molar-refractivity contribution in [2.75, 3.05) is 0 Å². The summed E-state index contributed by atoms with van der Waals surface area (Å²) in [6, 6.07) is 47.4. The maximum atomic E-state index is 2.35. The van der Waals surface area contributed by atoms with E-state index in [2.05, 4.69) is 134 Å². The first-order valence-electron chi connectivity index (χ1n) is 14.9. The lowest BCUT2D eigenvalue weighted by molar-refractivity contribution is 0.683. The Hall–Kier alpha value is -4.68. The van der Waals surface area contributed by atoms with Gasteiger partial charge in [0.25, 0.3) is 0 Å². The Labute approximate surface area is 241 Å². The summed E-state index contributed by atoms with van der Waals surface area (Å²) in [5.41, 5.74) is 12.5. The second-order valence-corrected chi connectivity index (χ2v) is 11.5. The van der Waals surface area contributed by atoms with E-state index in [1.165, 1.54) is 96.9 Å². The molecule has 1 aliphatic carbocycles. The van der Waals surface area contributed by atoms with E-state index >= 15 is 0 Å². The quantitative estimate of drug-likeness (QED) is 0.202. The van der Waals surface area contributed by atoms with E-state index in [1.807, 2.05) is 0 Å². The molecule has 0 atom stereocenters. The van der Waals surface area contributed by atoms with Crippen LogP contribution in [0.1, 0.15) is 29.5 Å². The molecule has 0 amide bonds. The zero-order chi connectivity index (χ0) is 27.3. The van der Waals surface area contributed by atoms with E-state index in [9.17, 15) is 0 Å². The monoisotopic (exact) mass is 524 g/mol. The van der Waals surface area contributed by atoms with E-state index in [0.29, 0.717) is 0 Å². The largest absolute Gasteiger partial charge is 0.0616 e. The zero-order valence-corrected chi connectivity index (χ0v) is 23.5. The molecular formula is C41H32. The summed E-state index contributed by atoms with van der Waals surface area (Å²) in [5.74, 6) is 0. The Bertz CT molecular complexity index is 2030. The third-order valence-electron chi connectivity index (χ3n) is 9.24. The van der Waals surface area contributed by atoms with Gasteiger partial charge >= 0.3 is 0 Å². The Morgan fingerprint density at radius 1 is 0.390 bits per heavy atom. The highest BCUT2D eigenvalue weighted by Crippen LogP contribution is 2.45. The first kappa shape index (κ1) is 24.1. The minimum atomic E-state index is 1.19. The van der Waals surface area contributed by atoms with Gasteiger partial charge in [-0.25, -0.2) is 0 Å². The zero-order valence-electron chi connectivity index (χ0n) is 23.5. The highest BCUT2D eigenvalue weighted by atomic mass is 14.2. The van der Waals surface area contributed by atoms with Crippen LogP contribution in [0.5, 0.6) is 0 Å². The number of hydrogen-bond acceptors (Lipinski definition) is 0. The van der Waals surface area contributed by atoms with Crippen LogP contribution in [0.25, 0.3) is 65.7 Å². The number of fused-ring (bicyclic) bond motifs is 4. The van der Waals surface area contributed by atoms with Crippen LogP contribution in [0, 0.1) is 6.92 Å². The number of aryl methyl sites for hydroxylation is 1.